The Morgan fingerprint density at radius 3 is 2.80 bits per heavy atom. The molecule has 1 fully saturated rings. The van der Waals surface area contributed by atoms with Crippen LogP contribution in [0.25, 0.3) is 0 Å². The molecular formula is C10H18N2O3. The molecule has 0 radical (unpaired) electrons. The van der Waals surface area contributed by atoms with Crippen molar-refractivity contribution in [2.45, 2.75) is 25.8 Å². The summed E-state index contributed by atoms with van der Waals surface area (Å²) < 4.78 is 0. The van der Waals surface area contributed by atoms with Crippen molar-refractivity contribution in [1.29, 1.82) is 0 Å². The standard InChI is InChI=1S/C10H18N2O3/c1-3-12(7-13)10(9(14)15)4-5-11-6-8(10)2/h7-8,11H,3-6H2,1-2H3,(H,14,15). The molecule has 2 unspecified atom stereocenters. The van der Waals surface area contributed by atoms with Crippen molar-refractivity contribution in [3.8, 4) is 0 Å². The zero-order valence-electron chi connectivity index (χ0n) is 9.19. The quantitative estimate of drug-likeness (QED) is 0.642. The lowest BCUT2D eigenvalue weighted by molar-refractivity contribution is -0.161. The molecule has 1 aliphatic rings. The molecular weight excluding hydrogens is 196 g/mol. The number of rotatable bonds is 4. The number of nitrogens with zero attached hydrogens (tertiary/aromatic N) is 1. The minimum atomic E-state index is -1.03. The maximum Gasteiger partial charge on any atom is 0.330 e. The second-order valence-electron chi connectivity index (χ2n) is 3.98. The van der Waals surface area contributed by atoms with Gasteiger partial charge in [-0.15, -0.1) is 0 Å². The minimum absolute atomic E-state index is 0.0751. The lowest BCUT2D eigenvalue weighted by Gasteiger charge is -2.45. The van der Waals surface area contributed by atoms with Gasteiger partial charge in [0, 0.05) is 19.0 Å². The van der Waals surface area contributed by atoms with E-state index in [2.05, 4.69) is 5.32 Å². The van der Waals surface area contributed by atoms with Gasteiger partial charge in [0.2, 0.25) is 6.41 Å². The summed E-state index contributed by atoms with van der Waals surface area (Å²) in [6, 6.07) is 0. The Hall–Kier alpha value is -1.10. The summed E-state index contributed by atoms with van der Waals surface area (Å²) in [5, 5.41) is 12.5. The van der Waals surface area contributed by atoms with Gasteiger partial charge in [-0.05, 0) is 19.9 Å². The fourth-order valence-electron chi connectivity index (χ4n) is 2.33. The zero-order valence-corrected chi connectivity index (χ0v) is 9.19. The van der Waals surface area contributed by atoms with Crippen molar-refractivity contribution in [2.24, 2.45) is 5.92 Å². The molecule has 5 nitrogen and oxygen atoms in total. The van der Waals surface area contributed by atoms with Crippen molar-refractivity contribution >= 4 is 12.4 Å². The van der Waals surface area contributed by atoms with Crippen LogP contribution in [0.5, 0.6) is 0 Å². The normalized spacial score (nSPS) is 30.9. The molecule has 2 atom stereocenters. The Kier molecular flexibility index (Phi) is 3.68. The van der Waals surface area contributed by atoms with E-state index in [1.807, 2.05) is 6.92 Å². The predicted octanol–water partition coefficient (Wildman–Crippen LogP) is -0.0825. The van der Waals surface area contributed by atoms with Crippen LogP contribution in [0.3, 0.4) is 0 Å². The highest BCUT2D eigenvalue weighted by Crippen LogP contribution is 2.30. The van der Waals surface area contributed by atoms with Crippen LogP contribution in [-0.4, -0.2) is 47.6 Å². The highest BCUT2D eigenvalue weighted by molar-refractivity contribution is 5.82. The van der Waals surface area contributed by atoms with Gasteiger partial charge in [0.1, 0.15) is 5.54 Å². The molecule has 86 valence electrons. The Bertz CT molecular complexity index is 257. The van der Waals surface area contributed by atoms with Crippen molar-refractivity contribution in [2.75, 3.05) is 19.6 Å². The van der Waals surface area contributed by atoms with E-state index < -0.39 is 11.5 Å². The third-order valence-corrected chi connectivity index (χ3v) is 3.30. The maximum atomic E-state index is 11.4. The van der Waals surface area contributed by atoms with Crippen LogP contribution in [0.15, 0.2) is 0 Å². The molecule has 0 spiro atoms. The zero-order chi connectivity index (χ0) is 11.5. The van der Waals surface area contributed by atoms with Crippen LogP contribution in [-0.2, 0) is 9.59 Å². The topological polar surface area (TPSA) is 69.6 Å². The number of hydrogen-bond acceptors (Lipinski definition) is 3. The number of piperidine rings is 1. The van der Waals surface area contributed by atoms with Gasteiger partial charge < -0.3 is 15.3 Å². The number of nitrogens with one attached hydrogen (secondary N) is 1. The Balaban J connectivity index is 3.04. The Labute approximate surface area is 89.4 Å². The van der Waals surface area contributed by atoms with Crippen molar-refractivity contribution in [3.05, 3.63) is 0 Å². The molecule has 0 saturated carbocycles. The monoisotopic (exact) mass is 214 g/mol. The van der Waals surface area contributed by atoms with E-state index in [1.165, 1.54) is 4.90 Å². The molecule has 2 N–H and O–H groups in total. The molecule has 5 heteroatoms. The van der Waals surface area contributed by atoms with Gasteiger partial charge in [-0.25, -0.2) is 4.79 Å². The summed E-state index contributed by atoms with van der Waals surface area (Å²) in [7, 11) is 0. The van der Waals surface area contributed by atoms with E-state index in [-0.39, 0.29) is 5.92 Å². The number of amides is 1. The van der Waals surface area contributed by atoms with Gasteiger partial charge >= 0.3 is 5.97 Å². The van der Waals surface area contributed by atoms with Crippen molar-refractivity contribution in [3.63, 3.8) is 0 Å². The molecule has 1 aliphatic heterocycles. The number of likely N-dealkylation sites (N-methyl/N-ethyl adjacent to an activating group) is 1. The largest absolute Gasteiger partial charge is 0.479 e. The van der Waals surface area contributed by atoms with E-state index in [9.17, 15) is 14.7 Å². The van der Waals surface area contributed by atoms with E-state index in [1.54, 1.807) is 6.92 Å². The number of carboxylic acid groups (broad SMARTS) is 1. The number of aliphatic carboxylic acids is 1. The van der Waals surface area contributed by atoms with Gasteiger partial charge in [-0.1, -0.05) is 6.92 Å². The molecule has 0 bridgehead atoms. The smallest absolute Gasteiger partial charge is 0.330 e. The van der Waals surface area contributed by atoms with Crippen LogP contribution < -0.4 is 5.32 Å². The van der Waals surface area contributed by atoms with Crippen LogP contribution >= 0.6 is 0 Å². The Morgan fingerprint density at radius 2 is 2.40 bits per heavy atom. The lowest BCUT2D eigenvalue weighted by Crippen LogP contribution is -2.63. The molecule has 1 rings (SSSR count). The third kappa shape index (κ3) is 1.84. The first-order valence-electron chi connectivity index (χ1n) is 5.25. The maximum absolute atomic E-state index is 11.4. The fourth-order valence-corrected chi connectivity index (χ4v) is 2.33. The van der Waals surface area contributed by atoms with Gasteiger partial charge in [0.05, 0.1) is 0 Å². The second-order valence-corrected chi connectivity index (χ2v) is 3.98. The van der Waals surface area contributed by atoms with Gasteiger partial charge in [-0.3, -0.25) is 4.79 Å². The van der Waals surface area contributed by atoms with Crippen molar-refractivity contribution in [1.82, 2.24) is 10.2 Å². The summed E-state index contributed by atoms with van der Waals surface area (Å²) in [6.07, 6.45) is 1.12. The molecule has 15 heavy (non-hydrogen) atoms. The van der Waals surface area contributed by atoms with E-state index in [0.29, 0.717) is 32.5 Å². The Morgan fingerprint density at radius 1 is 1.73 bits per heavy atom. The van der Waals surface area contributed by atoms with Gasteiger partial charge in [0.25, 0.3) is 0 Å². The summed E-state index contributed by atoms with van der Waals surface area (Å²) in [5.41, 5.74) is -1.03. The highest BCUT2D eigenvalue weighted by atomic mass is 16.4. The molecule has 1 amide bonds. The average Bonchev–Trinajstić information content (AvgIpc) is 2.22. The van der Waals surface area contributed by atoms with Crippen LogP contribution in [0.4, 0.5) is 0 Å². The average molecular weight is 214 g/mol. The first kappa shape index (κ1) is 12.0. The first-order chi connectivity index (χ1) is 7.09. The fraction of sp³-hybridized carbons (Fsp3) is 0.800. The van der Waals surface area contributed by atoms with Crippen LogP contribution in [0.2, 0.25) is 0 Å². The number of hydrogen-bond donors (Lipinski definition) is 2. The number of carbonyl (C=O) groups is 2. The second kappa shape index (κ2) is 4.61. The van der Waals surface area contributed by atoms with Crippen molar-refractivity contribution < 1.29 is 14.7 Å². The third-order valence-electron chi connectivity index (χ3n) is 3.30. The molecule has 0 aromatic carbocycles. The van der Waals surface area contributed by atoms with E-state index in [0.717, 1.165) is 0 Å². The molecule has 0 aromatic heterocycles. The number of carboxylic acids is 1. The van der Waals surface area contributed by atoms with E-state index >= 15 is 0 Å². The summed E-state index contributed by atoms with van der Waals surface area (Å²) in [5.74, 6) is -0.973. The molecule has 0 aromatic rings. The summed E-state index contributed by atoms with van der Waals surface area (Å²) >= 11 is 0. The molecule has 1 heterocycles. The highest BCUT2D eigenvalue weighted by Gasteiger charge is 2.49. The molecule has 1 saturated heterocycles. The van der Waals surface area contributed by atoms with Gasteiger partial charge in [0.15, 0.2) is 0 Å². The summed E-state index contributed by atoms with van der Waals surface area (Å²) in [6.45, 7) is 5.37. The van der Waals surface area contributed by atoms with Crippen LogP contribution in [0, 0.1) is 5.92 Å². The van der Waals surface area contributed by atoms with E-state index in [4.69, 9.17) is 0 Å². The minimum Gasteiger partial charge on any atom is -0.479 e. The molecule has 0 aliphatic carbocycles. The number of carbonyl (C=O) groups excluding carboxylic acids is 1. The SMILES string of the molecule is CCN(C=O)C1(C(=O)O)CCNCC1C. The van der Waals surface area contributed by atoms with Gasteiger partial charge in [-0.2, -0.15) is 0 Å². The predicted molar refractivity (Wildman–Crippen MR) is 55.5 cm³/mol. The first-order valence-corrected chi connectivity index (χ1v) is 5.25. The van der Waals surface area contributed by atoms with Crippen LogP contribution in [0.1, 0.15) is 20.3 Å². The summed E-state index contributed by atoms with van der Waals surface area (Å²) in [4.78, 5) is 23.8. The lowest BCUT2D eigenvalue weighted by atomic mass is 9.78.